The summed E-state index contributed by atoms with van der Waals surface area (Å²) in [6, 6.07) is 0. The van der Waals surface area contributed by atoms with Gasteiger partial charge in [0, 0.05) is 12.1 Å². The van der Waals surface area contributed by atoms with Crippen molar-refractivity contribution in [1.82, 2.24) is 4.90 Å². The highest BCUT2D eigenvalue weighted by atomic mass is 31.0. The predicted molar refractivity (Wildman–Crippen MR) is 67.3 cm³/mol. The molecule has 0 N–H and O–H groups in total. The molecule has 15 heavy (non-hydrogen) atoms. The van der Waals surface area contributed by atoms with Crippen molar-refractivity contribution in [3.05, 3.63) is 12.3 Å². The lowest BCUT2D eigenvalue weighted by atomic mass is 10.1. The lowest BCUT2D eigenvalue weighted by molar-refractivity contribution is 0.657. The molecule has 0 saturated carbocycles. The van der Waals surface area contributed by atoms with Crippen molar-refractivity contribution in [3.63, 3.8) is 0 Å². The van der Waals surface area contributed by atoms with E-state index in [0.29, 0.717) is 5.92 Å². The van der Waals surface area contributed by atoms with Crippen LogP contribution in [0.25, 0.3) is 0 Å². The van der Waals surface area contributed by atoms with E-state index in [0.717, 1.165) is 11.7 Å². The van der Waals surface area contributed by atoms with E-state index in [1.165, 1.54) is 0 Å². The second-order valence-electron chi connectivity index (χ2n) is 4.14. The van der Waals surface area contributed by atoms with Gasteiger partial charge >= 0.3 is 0 Å². The van der Waals surface area contributed by atoms with Crippen molar-refractivity contribution in [3.8, 4) is 0 Å². The fraction of sp³-hybridized carbons (Fsp3) is 0.500. The average Bonchev–Trinajstić information content (AvgIpc) is 2.14. The van der Waals surface area contributed by atoms with Crippen LogP contribution in [0, 0.1) is 5.92 Å². The monoisotopic (exact) mass is 222 g/mol. The Kier molecular flexibility index (Phi) is 2.47. The molecule has 2 unspecified atom stereocenters. The summed E-state index contributed by atoms with van der Waals surface area (Å²) in [5, 5.41) is -0.435. The Morgan fingerprint density at radius 2 is 2.20 bits per heavy atom. The van der Waals surface area contributed by atoms with E-state index >= 15 is 0 Å². The van der Waals surface area contributed by atoms with Crippen LogP contribution < -0.4 is 0 Å². The van der Waals surface area contributed by atoms with Crippen molar-refractivity contribution in [2.75, 3.05) is 0 Å². The molecular formula is C10H15N4P. The number of hydrogen-bond acceptors (Lipinski definition) is 4. The summed E-state index contributed by atoms with van der Waals surface area (Å²) >= 11 is 0. The number of aliphatic imine (C=N–C) groups is 3. The van der Waals surface area contributed by atoms with E-state index in [-0.39, 0.29) is 0 Å². The first-order chi connectivity index (χ1) is 6.99. The summed E-state index contributed by atoms with van der Waals surface area (Å²) in [6.45, 7) is 6.17. The molecule has 2 aliphatic rings. The summed E-state index contributed by atoms with van der Waals surface area (Å²) in [4.78, 5) is 15.1. The number of rotatable bonds is 1. The number of amidine groups is 2. The molecule has 4 nitrogen and oxygen atoms in total. The van der Waals surface area contributed by atoms with Gasteiger partial charge in [0.15, 0.2) is 5.40 Å². The Hall–Kier alpha value is -1.02. The first-order valence-corrected chi connectivity index (χ1v) is 5.55. The van der Waals surface area contributed by atoms with Gasteiger partial charge in [0.1, 0.15) is 11.7 Å². The standard InChI is InChI=1S/C10H15N4P/c1-7(2)9-11-5-4-8-13-10(3,15)12-6-14(8)9/h4-7H,15H2,1-3H3. The van der Waals surface area contributed by atoms with Gasteiger partial charge in [0.25, 0.3) is 0 Å². The maximum atomic E-state index is 4.51. The molecule has 5 heteroatoms. The van der Waals surface area contributed by atoms with Gasteiger partial charge in [-0.1, -0.05) is 23.1 Å². The van der Waals surface area contributed by atoms with Crippen LogP contribution in [-0.4, -0.2) is 28.3 Å². The van der Waals surface area contributed by atoms with Crippen molar-refractivity contribution in [2.24, 2.45) is 20.9 Å². The summed E-state index contributed by atoms with van der Waals surface area (Å²) in [7, 11) is 2.63. The number of hydrogen-bond donors (Lipinski definition) is 0. The highest BCUT2D eigenvalue weighted by molar-refractivity contribution is 7.18. The molecule has 0 fully saturated rings. The van der Waals surface area contributed by atoms with Gasteiger partial charge in [-0.25, -0.2) is 15.0 Å². The maximum Gasteiger partial charge on any atom is 0.164 e. The van der Waals surface area contributed by atoms with Gasteiger partial charge in [-0.15, -0.1) is 0 Å². The predicted octanol–water partition coefficient (Wildman–Crippen LogP) is 1.86. The molecule has 0 aliphatic carbocycles. The van der Waals surface area contributed by atoms with Crippen LogP contribution in [0.1, 0.15) is 20.8 Å². The second-order valence-corrected chi connectivity index (χ2v) is 5.23. The smallest absolute Gasteiger partial charge is 0.164 e. The Morgan fingerprint density at radius 1 is 1.47 bits per heavy atom. The summed E-state index contributed by atoms with van der Waals surface area (Å²) in [5.41, 5.74) is 0. The van der Waals surface area contributed by atoms with Crippen molar-refractivity contribution in [1.29, 1.82) is 0 Å². The molecular weight excluding hydrogens is 207 g/mol. The maximum absolute atomic E-state index is 4.51. The summed E-state index contributed by atoms with van der Waals surface area (Å²) in [6.07, 6.45) is 5.50. The van der Waals surface area contributed by atoms with Gasteiger partial charge < -0.3 is 0 Å². The number of nitrogens with zero attached hydrogens (tertiary/aromatic N) is 4. The largest absolute Gasteiger partial charge is 0.273 e. The van der Waals surface area contributed by atoms with Gasteiger partial charge in [-0.2, -0.15) is 0 Å². The van der Waals surface area contributed by atoms with Crippen LogP contribution in [0.4, 0.5) is 0 Å². The lowest BCUT2D eigenvalue weighted by Gasteiger charge is -2.32. The van der Waals surface area contributed by atoms with E-state index in [4.69, 9.17) is 0 Å². The van der Waals surface area contributed by atoms with Crippen molar-refractivity contribution >= 4 is 27.2 Å². The topological polar surface area (TPSA) is 40.3 Å². The Balaban J connectivity index is 2.36. The fourth-order valence-corrected chi connectivity index (χ4v) is 1.71. The van der Waals surface area contributed by atoms with E-state index < -0.39 is 5.40 Å². The fourth-order valence-electron chi connectivity index (χ4n) is 1.51. The second kappa shape index (κ2) is 3.53. The Morgan fingerprint density at radius 3 is 2.87 bits per heavy atom. The molecule has 0 aromatic rings. The highest BCUT2D eigenvalue weighted by Crippen LogP contribution is 2.26. The summed E-state index contributed by atoms with van der Waals surface area (Å²) < 4.78 is 0. The van der Waals surface area contributed by atoms with Crippen LogP contribution in [0.5, 0.6) is 0 Å². The molecule has 0 aromatic heterocycles. The van der Waals surface area contributed by atoms with Gasteiger partial charge in [-0.3, -0.25) is 4.90 Å². The van der Waals surface area contributed by atoms with Gasteiger partial charge in [0.2, 0.25) is 0 Å². The molecule has 0 aromatic carbocycles. The SMILES string of the molecule is CC(C)C1=NC=CC2=NC(C)(P)N=CN21. The first kappa shape index (κ1) is 10.5. The normalized spacial score (nSPS) is 29.0. The molecule has 0 bridgehead atoms. The third kappa shape index (κ3) is 2.00. The van der Waals surface area contributed by atoms with Crippen LogP contribution in [0.3, 0.4) is 0 Å². The third-order valence-electron chi connectivity index (χ3n) is 2.22. The molecule has 2 heterocycles. The molecule has 80 valence electrons. The summed E-state index contributed by atoms with van der Waals surface area (Å²) in [5.74, 6) is 2.25. The molecule has 2 atom stereocenters. The lowest BCUT2D eigenvalue weighted by Crippen LogP contribution is -2.43. The average molecular weight is 222 g/mol. The molecule has 0 spiro atoms. The number of fused-ring (bicyclic) bond motifs is 1. The van der Waals surface area contributed by atoms with E-state index in [1.54, 1.807) is 12.5 Å². The minimum absolute atomic E-state index is 0.362. The van der Waals surface area contributed by atoms with Crippen LogP contribution >= 0.6 is 9.24 Å². The van der Waals surface area contributed by atoms with Crippen LogP contribution in [0.2, 0.25) is 0 Å². The quantitative estimate of drug-likeness (QED) is 0.624. The molecule has 0 radical (unpaired) electrons. The van der Waals surface area contributed by atoms with E-state index in [9.17, 15) is 0 Å². The minimum atomic E-state index is -0.435. The van der Waals surface area contributed by atoms with Crippen molar-refractivity contribution < 1.29 is 0 Å². The zero-order valence-corrected chi connectivity index (χ0v) is 10.3. The van der Waals surface area contributed by atoms with Crippen LogP contribution in [-0.2, 0) is 0 Å². The van der Waals surface area contributed by atoms with E-state index in [1.807, 2.05) is 17.9 Å². The molecule has 0 saturated heterocycles. The zero-order chi connectivity index (χ0) is 11.1. The van der Waals surface area contributed by atoms with Gasteiger partial charge in [0.05, 0.1) is 6.34 Å². The molecule has 0 amide bonds. The van der Waals surface area contributed by atoms with Gasteiger partial charge in [-0.05, 0) is 13.0 Å². The van der Waals surface area contributed by atoms with E-state index in [2.05, 4.69) is 38.1 Å². The third-order valence-corrected chi connectivity index (χ3v) is 2.49. The molecule has 2 aliphatic heterocycles. The Bertz CT molecular complexity index is 390. The zero-order valence-electron chi connectivity index (χ0n) is 9.18. The Labute approximate surface area is 92.1 Å². The van der Waals surface area contributed by atoms with Crippen LogP contribution in [0.15, 0.2) is 27.3 Å². The van der Waals surface area contributed by atoms with Crippen molar-refractivity contribution in [2.45, 2.75) is 26.2 Å². The highest BCUT2D eigenvalue weighted by Gasteiger charge is 2.27. The minimum Gasteiger partial charge on any atom is -0.273 e. The first-order valence-electron chi connectivity index (χ1n) is 4.97. The molecule has 2 rings (SSSR count).